The Morgan fingerprint density at radius 1 is 1.64 bits per heavy atom. The number of likely N-dealkylation sites (N-methyl/N-ethyl adjacent to an activating group) is 1. The standard InChI is InChI=1S/C10H19NO3/c1-11(6-8-4-3-5-8)9(7-14-2)10(12)13/h8-9H,3-7H2,1-2H3,(H,12,13). The van der Waals surface area contributed by atoms with Crippen LogP contribution in [0.1, 0.15) is 19.3 Å². The lowest BCUT2D eigenvalue weighted by Crippen LogP contribution is -2.44. The van der Waals surface area contributed by atoms with Gasteiger partial charge in [-0.3, -0.25) is 9.69 Å². The van der Waals surface area contributed by atoms with Gasteiger partial charge >= 0.3 is 5.97 Å². The molecule has 0 aromatic rings. The van der Waals surface area contributed by atoms with Gasteiger partial charge in [-0.15, -0.1) is 0 Å². The highest BCUT2D eigenvalue weighted by atomic mass is 16.5. The van der Waals surface area contributed by atoms with Crippen LogP contribution < -0.4 is 0 Å². The van der Waals surface area contributed by atoms with Crippen molar-refractivity contribution in [3.8, 4) is 0 Å². The summed E-state index contributed by atoms with van der Waals surface area (Å²) in [7, 11) is 3.39. The van der Waals surface area contributed by atoms with Gasteiger partial charge in [-0.25, -0.2) is 0 Å². The van der Waals surface area contributed by atoms with E-state index in [2.05, 4.69) is 0 Å². The second-order valence-corrected chi connectivity index (χ2v) is 4.05. The van der Waals surface area contributed by atoms with Crippen LogP contribution in [0.4, 0.5) is 0 Å². The molecule has 1 unspecified atom stereocenters. The summed E-state index contributed by atoms with van der Waals surface area (Å²) < 4.78 is 4.90. The van der Waals surface area contributed by atoms with Crippen LogP contribution in [-0.2, 0) is 9.53 Å². The van der Waals surface area contributed by atoms with E-state index in [1.165, 1.54) is 26.4 Å². The van der Waals surface area contributed by atoms with Gasteiger partial charge in [0.25, 0.3) is 0 Å². The van der Waals surface area contributed by atoms with E-state index in [0.29, 0.717) is 5.92 Å². The Bertz CT molecular complexity index is 192. The molecular weight excluding hydrogens is 182 g/mol. The molecule has 0 aromatic heterocycles. The maximum Gasteiger partial charge on any atom is 0.323 e. The molecule has 1 atom stereocenters. The van der Waals surface area contributed by atoms with Crippen molar-refractivity contribution in [1.82, 2.24) is 4.90 Å². The number of methoxy groups -OCH3 is 1. The zero-order chi connectivity index (χ0) is 10.6. The fraction of sp³-hybridized carbons (Fsp3) is 0.900. The summed E-state index contributed by atoms with van der Waals surface area (Å²) in [5, 5.41) is 8.96. The van der Waals surface area contributed by atoms with Gasteiger partial charge in [-0.1, -0.05) is 6.42 Å². The highest BCUT2D eigenvalue weighted by molar-refractivity contribution is 5.73. The molecular formula is C10H19NO3. The molecule has 0 saturated heterocycles. The Balaban J connectivity index is 2.36. The van der Waals surface area contributed by atoms with Gasteiger partial charge < -0.3 is 9.84 Å². The third-order valence-corrected chi connectivity index (χ3v) is 2.91. The van der Waals surface area contributed by atoms with E-state index < -0.39 is 12.0 Å². The molecule has 1 saturated carbocycles. The fourth-order valence-corrected chi connectivity index (χ4v) is 1.75. The number of rotatable bonds is 6. The third-order valence-electron chi connectivity index (χ3n) is 2.91. The van der Waals surface area contributed by atoms with Crippen LogP contribution in [0.15, 0.2) is 0 Å². The quantitative estimate of drug-likeness (QED) is 0.691. The molecule has 0 aromatic carbocycles. The van der Waals surface area contributed by atoms with Crippen molar-refractivity contribution >= 4 is 5.97 Å². The van der Waals surface area contributed by atoms with Crippen LogP contribution in [0.25, 0.3) is 0 Å². The summed E-state index contributed by atoms with van der Waals surface area (Å²) in [5.41, 5.74) is 0. The molecule has 0 amide bonds. The Morgan fingerprint density at radius 3 is 2.64 bits per heavy atom. The van der Waals surface area contributed by atoms with Crippen LogP contribution in [0, 0.1) is 5.92 Å². The number of carboxylic acids is 1. The van der Waals surface area contributed by atoms with Gasteiger partial charge in [0.1, 0.15) is 6.04 Å². The average Bonchev–Trinajstić information content (AvgIpc) is 2.06. The molecule has 1 aliphatic carbocycles. The zero-order valence-corrected chi connectivity index (χ0v) is 8.90. The van der Waals surface area contributed by atoms with E-state index in [9.17, 15) is 4.79 Å². The van der Waals surface area contributed by atoms with E-state index in [4.69, 9.17) is 9.84 Å². The molecule has 14 heavy (non-hydrogen) atoms. The molecule has 1 aliphatic rings. The van der Waals surface area contributed by atoms with E-state index in [0.717, 1.165) is 6.54 Å². The van der Waals surface area contributed by atoms with Crippen LogP contribution in [-0.4, -0.2) is 49.3 Å². The van der Waals surface area contributed by atoms with Crippen LogP contribution >= 0.6 is 0 Å². The molecule has 4 heteroatoms. The molecule has 0 spiro atoms. The highest BCUT2D eigenvalue weighted by Crippen LogP contribution is 2.27. The predicted octanol–water partition coefficient (Wildman–Crippen LogP) is 0.818. The number of nitrogens with zero attached hydrogens (tertiary/aromatic N) is 1. The fourth-order valence-electron chi connectivity index (χ4n) is 1.75. The lowest BCUT2D eigenvalue weighted by molar-refractivity contribution is -0.145. The van der Waals surface area contributed by atoms with Crippen LogP contribution in [0.5, 0.6) is 0 Å². The molecule has 0 heterocycles. The number of carbonyl (C=O) groups is 1. The predicted molar refractivity (Wildman–Crippen MR) is 53.3 cm³/mol. The summed E-state index contributed by atoms with van der Waals surface area (Å²) >= 11 is 0. The number of ether oxygens (including phenoxy) is 1. The number of aliphatic carboxylic acids is 1. The number of hydrogen-bond acceptors (Lipinski definition) is 3. The first-order valence-corrected chi connectivity index (χ1v) is 5.07. The van der Waals surface area contributed by atoms with E-state index in [1.807, 2.05) is 11.9 Å². The van der Waals surface area contributed by atoms with Crippen molar-refractivity contribution < 1.29 is 14.6 Å². The van der Waals surface area contributed by atoms with Crippen molar-refractivity contribution in [1.29, 1.82) is 0 Å². The van der Waals surface area contributed by atoms with Crippen molar-refractivity contribution in [2.45, 2.75) is 25.3 Å². The summed E-state index contributed by atoms with van der Waals surface area (Å²) in [5.74, 6) is -0.104. The molecule has 82 valence electrons. The lowest BCUT2D eigenvalue weighted by Gasteiger charge is -2.32. The molecule has 0 bridgehead atoms. The van der Waals surface area contributed by atoms with Gasteiger partial charge in [-0.05, 0) is 25.8 Å². The summed E-state index contributed by atoms with van der Waals surface area (Å²) in [6.07, 6.45) is 3.77. The molecule has 4 nitrogen and oxygen atoms in total. The van der Waals surface area contributed by atoms with E-state index in [1.54, 1.807) is 0 Å². The minimum Gasteiger partial charge on any atom is -0.480 e. The monoisotopic (exact) mass is 201 g/mol. The van der Waals surface area contributed by atoms with Crippen molar-refractivity contribution in [2.24, 2.45) is 5.92 Å². The topological polar surface area (TPSA) is 49.8 Å². The Kier molecular flexibility index (Phi) is 4.35. The normalized spacial score (nSPS) is 19.4. The maximum absolute atomic E-state index is 10.9. The van der Waals surface area contributed by atoms with Gasteiger partial charge in [0.2, 0.25) is 0 Å². The summed E-state index contributed by atoms with van der Waals surface area (Å²) in [6.45, 7) is 1.14. The van der Waals surface area contributed by atoms with Gasteiger partial charge in [0.15, 0.2) is 0 Å². The second-order valence-electron chi connectivity index (χ2n) is 4.05. The van der Waals surface area contributed by atoms with Crippen LogP contribution in [0.2, 0.25) is 0 Å². The molecule has 1 fully saturated rings. The average molecular weight is 201 g/mol. The van der Waals surface area contributed by atoms with Crippen molar-refractivity contribution in [3.05, 3.63) is 0 Å². The SMILES string of the molecule is COCC(C(=O)O)N(C)CC1CCC1. The Morgan fingerprint density at radius 2 is 2.29 bits per heavy atom. The molecule has 1 N–H and O–H groups in total. The molecule has 0 radical (unpaired) electrons. The lowest BCUT2D eigenvalue weighted by atomic mass is 9.85. The van der Waals surface area contributed by atoms with Gasteiger partial charge in [0, 0.05) is 13.7 Å². The molecule has 1 rings (SSSR count). The van der Waals surface area contributed by atoms with Gasteiger partial charge in [-0.2, -0.15) is 0 Å². The minimum absolute atomic E-state index is 0.262. The first-order valence-electron chi connectivity index (χ1n) is 5.07. The Labute approximate surface area is 84.8 Å². The second kappa shape index (κ2) is 5.32. The first kappa shape index (κ1) is 11.5. The van der Waals surface area contributed by atoms with E-state index in [-0.39, 0.29) is 6.61 Å². The number of hydrogen-bond donors (Lipinski definition) is 1. The Hall–Kier alpha value is -0.610. The van der Waals surface area contributed by atoms with Crippen LogP contribution in [0.3, 0.4) is 0 Å². The third kappa shape index (κ3) is 2.96. The summed E-state index contributed by atoms with van der Waals surface area (Å²) in [4.78, 5) is 12.8. The van der Waals surface area contributed by atoms with Crippen molar-refractivity contribution in [2.75, 3.05) is 27.3 Å². The summed E-state index contributed by atoms with van der Waals surface area (Å²) in [6, 6.07) is -0.499. The first-order chi connectivity index (χ1) is 6.65. The van der Waals surface area contributed by atoms with E-state index >= 15 is 0 Å². The highest BCUT2D eigenvalue weighted by Gasteiger charge is 2.26. The zero-order valence-electron chi connectivity index (χ0n) is 8.90. The minimum atomic E-state index is -0.798. The largest absolute Gasteiger partial charge is 0.480 e. The van der Waals surface area contributed by atoms with Crippen molar-refractivity contribution in [3.63, 3.8) is 0 Å². The maximum atomic E-state index is 10.9. The van der Waals surface area contributed by atoms with Gasteiger partial charge in [0.05, 0.1) is 6.61 Å². The molecule has 0 aliphatic heterocycles. The number of carboxylic acid groups (broad SMARTS) is 1. The smallest absolute Gasteiger partial charge is 0.323 e.